The van der Waals surface area contributed by atoms with E-state index < -0.39 is 0 Å². The molecule has 1 N–H and O–H groups in total. The molecule has 2 amide bonds. The van der Waals surface area contributed by atoms with E-state index >= 15 is 0 Å². The number of nitrogens with zero attached hydrogens (tertiary/aromatic N) is 2. The normalized spacial score (nSPS) is 12.8. The number of hydrogen-bond acceptors (Lipinski definition) is 3. The lowest BCUT2D eigenvalue weighted by atomic mass is 9.90. The number of benzene rings is 1. The second-order valence-corrected chi connectivity index (χ2v) is 10.6. The van der Waals surface area contributed by atoms with Gasteiger partial charge in [-0.1, -0.05) is 48.5 Å². The quantitative estimate of drug-likeness (QED) is 0.573. The minimum Gasteiger partial charge on any atom is -0.377 e. The fraction of sp³-hybridized carbons (Fsp3) is 0.680. The summed E-state index contributed by atoms with van der Waals surface area (Å²) in [4.78, 5) is 29.5. The van der Waals surface area contributed by atoms with Gasteiger partial charge in [0, 0.05) is 50.9 Å². The van der Waals surface area contributed by atoms with Crippen molar-refractivity contribution in [2.24, 2.45) is 17.3 Å². The Morgan fingerprint density at radius 1 is 1.03 bits per heavy atom. The van der Waals surface area contributed by atoms with Crippen LogP contribution < -0.4 is 10.2 Å². The maximum absolute atomic E-state index is 13.2. The molecule has 0 fully saturated rings. The largest absolute Gasteiger partial charge is 0.377 e. The molecule has 0 radical (unpaired) electrons. The highest BCUT2D eigenvalue weighted by atomic mass is 16.2. The third kappa shape index (κ3) is 8.37. The van der Waals surface area contributed by atoms with E-state index in [1.165, 1.54) is 0 Å². The van der Waals surface area contributed by atoms with Crippen LogP contribution in [0.1, 0.15) is 73.8 Å². The topological polar surface area (TPSA) is 52.7 Å². The first-order valence-corrected chi connectivity index (χ1v) is 11.1. The van der Waals surface area contributed by atoms with Crippen LogP contribution in [0.5, 0.6) is 0 Å². The summed E-state index contributed by atoms with van der Waals surface area (Å²) in [6.45, 7) is 17.3. The van der Waals surface area contributed by atoms with Crippen LogP contribution in [-0.4, -0.2) is 36.9 Å². The summed E-state index contributed by atoms with van der Waals surface area (Å²) in [6.07, 6.45) is 0.998. The molecule has 30 heavy (non-hydrogen) atoms. The van der Waals surface area contributed by atoms with Crippen molar-refractivity contribution >= 4 is 23.2 Å². The maximum Gasteiger partial charge on any atom is 0.224 e. The molecule has 1 aromatic rings. The number of anilines is 2. The van der Waals surface area contributed by atoms with Crippen molar-refractivity contribution in [1.29, 1.82) is 0 Å². The highest BCUT2D eigenvalue weighted by molar-refractivity contribution is 5.91. The highest BCUT2D eigenvalue weighted by Gasteiger charge is 2.27. The predicted molar refractivity (Wildman–Crippen MR) is 128 cm³/mol. The molecule has 0 aromatic heterocycles. The number of amides is 2. The van der Waals surface area contributed by atoms with E-state index in [1.807, 2.05) is 51.0 Å². The van der Waals surface area contributed by atoms with Crippen LogP contribution in [0.3, 0.4) is 0 Å². The maximum atomic E-state index is 13.2. The second-order valence-electron chi connectivity index (χ2n) is 10.6. The Morgan fingerprint density at radius 3 is 2.10 bits per heavy atom. The smallest absolute Gasteiger partial charge is 0.224 e. The van der Waals surface area contributed by atoms with Gasteiger partial charge in [-0.25, -0.2) is 0 Å². The van der Waals surface area contributed by atoms with Crippen LogP contribution in [-0.2, 0) is 16.1 Å². The van der Waals surface area contributed by atoms with Crippen LogP contribution in [0.25, 0.3) is 0 Å². The van der Waals surface area contributed by atoms with Gasteiger partial charge in [0.05, 0.1) is 0 Å². The van der Waals surface area contributed by atoms with E-state index in [1.54, 1.807) is 0 Å². The molecule has 0 aliphatic heterocycles. The van der Waals surface area contributed by atoms with Gasteiger partial charge in [-0.15, -0.1) is 0 Å². The van der Waals surface area contributed by atoms with Crippen molar-refractivity contribution in [2.45, 2.75) is 80.8 Å². The Morgan fingerprint density at radius 2 is 1.63 bits per heavy atom. The van der Waals surface area contributed by atoms with E-state index in [9.17, 15) is 9.59 Å². The van der Waals surface area contributed by atoms with Crippen molar-refractivity contribution in [3.8, 4) is 0 Å². The minimum atomic E-state index is -0.0664. The molecule has 0 bridgehead atoms. The molecule has 0 saturated carbocycles. The summed E-state index contributed by atoms with van der Waals surface area (Å²) in [5.41, 5.74) is 2.81. The molecule has 0 aliphatic carbocycles. The summed E-state index contributed by atoms with van der Waals surface area (Å²) in [5.74, 6) is 0.848. The summed E-state index contributed by atoms with van der Waals surface area (Å²) in [7, 11) is 4.01. The Balaban J connectivity index is 3.26. The molecular formula is C25H43N3O2. The third-order valence-electron chi connectivity index (χ3n) is 5.24. The first-order chi connectivity index (χ1) is 13.7. The predicted octanol–water partition coefficient (Wildman–Crippen LogP) is 5.55. The average Bonchev–Trinajstić information content (AvgIpc) is 2.56. The Kier molecular flexibility index (Phi) is 9.38. The molecule has 170 valence electrons. The molecule has 0 spiro atoms. The van der Waals surface area contributed by atoms with E-state index in [2.05, 4.69) is 51.8 Å². The van der Waals surface area contributed by atoms with Crippen molar-refractivity contribution in [3.63, 3.8) is 0 Å². The van der Waals surface area contributed by atoms with Crippen LogP contribution in [0.4, 0.5) is 11.4 Å². The number of carbonyl (C=O) groups excluding carboxylic acids is 2. The minimum absolute atomic E-state index is 0.0183. The van der Waals surface area contributed by atoms with Gasteiger partial charge in [-0.2, -0.15) is 0 Å². The first kappa shape index (κ1) is 26.0. The fourth-order valence-corrected chi connectivity index (χ4v) is 3.37. The summed E-state index contributed by atoms with van der Waals surface area (Å²) < 4.78 is 0. The Hall–Kier alpha value is -2.04. The van der Waals surface area contributed by atoms with Crippen molar-refractivity contribution in [1.82, 2.24) is 4.90 Å². The van der Waals surface area contributed by atoms with E-state index in [0.717, 1.165) is 16.9 Å². The zero-order chi connectivity index (χ0) is 23.2. The van der Waals surface area contributed by atoms with Crippen LogP contribution in [0, 0.1) is 17.3 Å². The molecule has 5 nitrogen and oxygen atoms in total. The van der Waals surface area contributed by atoms with E-state index in [-0.39, 0.29) is 23.3 Å². The Bertz CT molecular complexity index is 718. The zero-order valence-electron chi connectivity index (χ0n) is 20.8. The molecule has 1 aromatic carbocycles. The summed E-state index contributed by atoms with van der Waals surface area (Å²) >= 11 is 0. The number of hydrogen-bond donors (Lipinski definition) is 1. The van der Waals surface area contributed by atoms with Crippen molar-refractivity contribution in [2.75, 3.05) is 24.3 Å². The van der Waals surface area contributed by atoms with Gasteiger partial charge in [0.1, 0.15) is 0 Å². The standard InChI is InChI=1S/C25H43N3O2/c1-17(2)13-23(29)26-21-11-12-22(27(9)10)20(14-21)16-28(19(5)18(3)4)24(30)15-25(6,7)8/h11-12,14,17-19H,13,15-16H2,1-10H3,(H,26,29)/t19-/m0/s1. The molecule has 0 aliphatic rings. The summed E-state index contributed by atoms with van der Waals surface area (Å²) in [5, 5.41) is 3.01. The molecule has 0 unspecified atom stereocenters. The van der Waals surface area contributed by atoms with Gasteiger partial charge in [-0.05, 0) is 47.9 Å². The molecule has 5 heteroatoms. The number of carbonyl (C=O) groups is 2. The lowest BCUT2D eigenvalue weighted by molar-refractivity contribution is -0.136. The zero-order valence-corrected chi connectivity index (χ0v) is 20.8. The summed E-state index contributed by atoms with van der Waals surface area (Å²) in [6, 6.07) is 6.09. The molecule has 0 heterocycles. The average molecular weight is 418 g/mol. The fourth-order valence-electron chi connectivity index (χ4n) is 3.37. The van der Waals surface area contributed by atoms with E-state index in [0.29, 0.717) is 31.2 Å². The van der Waals surface area contributed by atoms with Crippen LogP contribution in [0.2, 0.25) is 0 Å². The number of rotatable bonds is 9. The van der Waals surface area contributed by atoms with Gasteiger partial charge in [0.15, 0.2) is 0 Å². The monoisotopic (exact) mass is 417 g/mol. The SMILES string of the molecule is CC(C)CC(=O)Nc1ccc(N(C)C)c(CN(C(=O)CC(C)(C)C)[C@@H](C)C(C)C)c1. The van der Waals surface area contributed by atoms with Gasteiger partial charge in [0.25, 0.3) is 0 Å². The van der Waals surface area contributed by atoms with Crippen molar-refractivity contribution in [3.05, 3.63) is 23.8 Å². The lowest BCUT2D eigenvalue weighted by Gasteiger charge is -2.35. The van der Waals surface area contributed by atoms with Gasteiger partial charge in [0.2, 0.25) is 11.8 Å². The number of nitrogens with one attached hydrogen (secondary N) is 1. The van der Waals surface area contributed by atoms with Gasteiger partial charge in [-0.3, -0.25) is 9.59 Å². The Labute approximate surface area is 184 Å². The molecular weight excluding hydrogens is 374 g/mol. The lowest BCUT2D eigenvalue weighted by Crippen LogP contribution is -2.42. The third-order valence-corrected chi connectivity index (χ3v) is 5.24. The highest BCUT2D eigenvalue weighted by Crippen LogP contribution is 2.28. The second kappa shape index (κ2) is 10.8. The molecule has 1 rings (SSSR count). The molecule has 1 atom stereocenters. The first-order valence-electron chi connectivity index (χ1n) is 11.1. The van der Waals surface area contributed by atoms with Crippen LogP contribution >= 0.6 is 0 Å². The van der Waals surface area contributed by atoms with Crippen LogP contribution in [0.15, 0.2) is 18.2 Å². The van der Waals surface area contributed by atoms with E-state index in [4.69, 9.17) is 0 Å². The molecule has 0 saturated heterocycles. The van der Waals surface area contributed by atoms with Crippen molar-refractivity contribution < 1.29 is 9.59 Å². The van der Waals surface area contributed by atoms with Gasteiger partial charge >= 0.3 is 0 Å². The van der Waals surface area contributed by atoms with Gasteiger partial charge < -0.3 is 15.1 Å².